The quantitative estimate of drug-likeness (QED) is 0.564. The molecular weight excluding hydrogens is 184 g/mol. The Balaban J connectivity index is 2.83. The normalized spacial score (nSPS) is 9.50. The summed E-state index contributed by atoms with van der Waals surface area (Å²) in [7, 11) is 0. The summed E-state index contributed by atoms with van der Waals surface area (Å²) in [5, 5.41) is 8.44. The van der Waals surface area contributed by atoms with Crippen LogP contribution >= 0.6 is 0 Å². The summed E-state index contributed by atoms with van der Waals surface area (Å²) in [5.74, 6) is -0.596. The number of aldehydes is 1. The van der Waals surface area contributed by atoms with Crippen LogP contribution in [-0.4, -0.2) is 30.6 Å². The van der Waals surface area contributed by atoms with E-state index in [0.717, 1.165) is 0 Å². The van der Waals surface area contributed by atoms with Crippen LogP contribution in [0.2, 0.25) is 0 Å². The predicted molar refractivity (Wildman–Crippen MR) is 49.2 cm³/mol. The van der Waals surface area contributed by atoms with E-state index in [1.54, 1.807) is 12.1 Å². The molecular formula is C10H10O4. The van der Waals surface area contributed by atoms with Gasteiger partial charge >= 0.3 is 5.97 Å². The molecule has 0 aliphatic rings. The van der Waals surface area contributed by atoms with Crippen molar-refractivity contribution in [2.24, 2.45) is 0 Å². The predicted octanol–water partition coefficient (Wildman–Crippen LogP) is 0.648. The van der Waals surface area contributed by atoms with Gasteiger partial charge in [-0.2, -0.15) is 0 Å². The Kier molecular flexibility index (Phi) is 3.82. The molecule has 14 heavy (non-hydrogen) atoms. The highest BCUT2D eigenvalue weighted by molar-refractivity contribution is 5.98. The standard InChI is InChI=1S/C10H10O4/c11-5-6-14-10(13)9-4-2-1-3-8(9)7-12/h1-4,7,11H,5-6H2. The van der Waals surface area contributed by atoms with Crippen molar-refractivity contribution < 1.29 is 19.4 Å². The molecule has 1 aromatic rings. The van der Waals surface area contributed by atoms with E-state index < -0.39 is 5.97 Å². The first-order valence-electron chi connectivity index (χ1n) is 4.11. The van der Waals surface area contributed by atoms with Gasteiger partial charge in [0.05, 0.1) is 12.2 Å². The van der Waals surface area contributed by atoms with Crippen LogP contribution in [0, 0.1) is 0 Å². The second kappa shape index (κ2) is 5.14. The molecule has 0 spiro atoms. The van der Waals surface area contributed by atoms with Crippen LogP contribution in [0.3, 0.4) is 0 Å². The first-order valence-corrected chi connectivity index (χ1v) is 4.11. The zero-order valence-electron chi connectivity index (χ0n) is 7.47. The average molecular weight is 194 g/mol. The van der Waals surface area contributed by atoms with E-state index in [1.807, 2.05) is 0 Å². The Hall–Kier alpha value is -1.68. The van der Waals surface area contributed by atoms with Crippen molar-refractivity contribution in [3.8, 4) is 0 Å². The third-order valence-corrected chi connectivity index (χ3v) is 1.63. The van der Waals surface area contributed by atoms with E-state index in [-0.39, 0.29) is 24.3 Å². The Morgan fingerprint density at radius 2 is 2.14 bits per heavy atom. The molecule has 0 saturated heterocycles. The smallest absolute Gasteiger partial charge is 0.338 e. The minimum atomic E-state index is -0.596. The molecule has 0 heterocycles. The van der Waals surface area contributed by atoms with E-state index in [4.69, 9.17) is 5.11 Å². The van der Waals surface area contributed by atoms with Gasteiger partial charge in [0, 0.05) is 5.56 Å². The van der Waals surface area contributed by atoms with Crippen LogP contribution in [0.15, 0.2) is 24.3 Å². The largest absolute Gasteiger partial charge is 0.460 e. The van der Waals surface area contributed by atoms with E-state index in [1.165, 1.54) is 12.1 Å². The van der Waals surface area contributed by atoms with Crippen LogP contribution in [0.5, 0.6) is 0 Å². The Morgan fingerprint density at radius 3 is 2.79 bits per heavy atom. The number of rotatable bonds is 4. The first-order chi connectivity index (χ1) is 6.79. The third-order valence-electron chi connectivity index (χ3n) is 1.63. The lowest BCUT2D eigenvalue weighted by molar-refractivity contribution is 0.0432. The highest BCUT2D eigenvalue weighted by Crippen LogP contribution is 2.07. The molecule has 0 unspecified atom stereocenters. The topological polar surface area (TPSA) is 63.6 Å². The Morgan fingerprint density at radius 1 is 1.43 bits per heavy atom. The summed E-state index contributed by atoms with van der Waals surface area (Å²) in [5.41, 5.74) is 0.506. The van der Waals surface area contributed by atoms with Crippen molar-refractivity contribution in [3.05, 3.63) is 35.4 Å². The highest BCUT2D eigenvalue weighted by Gasteiger charge is 2.10. The van der Waals surface area contributed by atoms with Crippen molar-refractivity contribution in [3.63, 3.8) is 0 Å². The molecule has 1 N–H and O–H groups in total. The maximum Gasteiger partial charge on any atom is 0.338 e. The lowest BCUT2D eigenvalue weighted by Gasteiger charge is -2.03. The molecule has 0 amide bonds. The van der Waals surface area contributed by atoms with E-state index >= 15 is 0 Å². The zero-order chi connectivity index (χ0) is 10.4. The van der Waals surface area contributed by atoms with Crippen LogP contribution in [0.25, 0.3) is 0 Å². The molecule has 0 aliphatic carbocycles. The Labute approximate surface area is 81.1 Å². The van der Waals surface area contributed by atoms with E-state index in [2.05, 4.69) is 4.74 Å². The van der Waals surface area contributed by atoms with Gasteiger partial charge in [-0.05, 0) is 6.07 Å². The zero-order valence-corrected chi connectivity index (χ0v) is 7.47. The number of esters is 1. The average Bonchev–Trinajstić information content (AvgIpc) is 2.25. The van der Waals surface area contributed by atoms with Crippen LogP contribution in [-0.2, 0) is 4.74 Å². The second-order valence-electron chi connectivity index (χ2n) is 2.56. The van der Waals surface area contributed by atoms with Crippen molar-refractivity contribution in [2.75, 3.05) is 13.2 Å². The number of carbonyl (C=O) groups excluding carboxylic acids is 2. The number of benzene rings is 1. The van der Waals surface area contributed by atoms with Crippen molar-refractivity contribution in [1.29, 1.82) is 0 Å². The molecule has 0 aliphatic heterocycles. The molecule has 74 valence electrons. The van der Waals surface area contributed by atoms with E-state index in [0.29, 0.717) is 6.29 Å². The second-order valence-corrected chi connectivity index (χ2v) is 2.56. The molecule has 0 bridgehead atoms. The van der Waals surface area contributed by atoms with Gasteiger partial charge in [0.25, 0.3) is 0 Å². The van der Waals surface area contributed by atoms with Gasteiger partial charge in [-0.3, -0.25) is 4.79 Å². The summed E-state index contributed by atoms with van der Waals surface area (Å²) < 4.78 is 4.67. The fourth-order valence-corrected chi connectivity index (χ4v) is 1.00. The van der Waals surface area contributed by atoms with Gasteiger partial charge in [-0.1, -0.05) is 18.2 Å². The Bertz CT molecular complexity index is 333. The molecule has 1 rings (SSSR count). The minimum absolute atomic E-state index is 0.0635. The molecule has 4 heteroatoms. The maximum atomic E-state index is 11.3. The van der Waals surface area contributed by atoms with Crippen LogP contribution in [0.4, 0.5) is 0 Å². The van der Waals surface area contributed by atoms with Crippen LogP contribution in [0.1, 0.15) is 20.7 Å². The fourth-order valence-electron chi connectivity index (χ4n) is 1.00. The fraction of sp³-hybridized carbons (Fsp3) is 0.200. The number of ether oxygens (including phenoxy) is 1. The highest BCUT2D eigenvalue weighted by atomic mass is 16.5. The van der Waals surface area contributed by atoms with Gasteiger partial charge in [0.2, 0.25) is 0 Å². The molecule has 0 saturated carbocycles. The SMILES string of the molecule is O=Cc1ccccc1C(=O)OCCO. The molecule has 4 nitrogen and oxygen atoms in total. The molecule has 0 atom stereocenters. The molecule has 0 radical (unpaired) electrons. The maximum absolute atomic E-state index is 11.3. The lowest BCUT2D eigenvalue weighted by Crippen LogP contribution is -2.10. The van der Waals surface area contributed by atoms with Crippen LogP contribution < -0.4 is 0 Å². The number of aliphatic hydroxyl groups is 1. The van der Waals surface area contributed by atoms with Gasteiger partial charge < -0.3 is 9.84 Å². The first kappa shape index (κ1) is 10.4. The minimum Gasteiger partial charge on any atom is -0.460 e. The van der Waals surface area contributed by atoms with Gasteiger partial charge in [-0.15, -0.1) is 0 Å². The number of aliphatic hydroxyl groups excluding tert-OH is 1. The van der Waals surface area contributed by atoms with E-state index in [9.17, 15) is 9.59 Å². The van der Waals surface area contributed by atoms with Crippen molar-refractivity contribution in [2.45, 2.75) is 0 Å². The number of hydrogen-bond donors (Lipinski definition) is 1. The summed E-state index contributed by atoms with van der Waals surface area (Å²) in [6.45, 7) is -0.291. The number of hydrogen-bond acceptors (Lipinski definition) is 4. The lowest BCUT2D eigenvalue weighted by atomic mass is 10.1. The van der Waals surface area contributed by atoms with Crippen molar-refractivity contribution in [1.82, 2.24) is 0 Å². The van der Waals surface area contributed by atoms with Gasteiger partial charge in [-0.25, -0.2) is 4.79 Å². The van der Waals surface area contributed by atoms with Gasteiger partial charge in [0.1, 0.15) is 6.61 Å². The summed E-state index contributed by atoms with van der Waals surface area (Å²) in [4.78, 5) is 21.8. The summed E-state index contributed by atoms with van der Waals surface area (Å²) in [6, 6.07) is 6.33. The van der Waals surface area contributed by atoms with Gasteiger partial charge in [0.15, 0.2) is 6.29 Å². The molecule has 0 aromatic heterocycles. The number of carbonyl (C=O) groups is 2. The monoisotopic (exact) mass is 194 g/mol. The van der Waals surface area contributed by atoms with Crippen molar-refractivity contribution >= 4 is 12.3 Å². The summed E-state index contributed by atoms with van der Waals surface area (Å²) >= 11 is 0. The molecule has 1 aromatic carbocycles. The summed E-state index contributed by atoms with van der Waals surface area (Å²) in [6.07, 6.45) is 0.593. The molecule has 0 fully saturated rings. The third kappa shape index (κ3) is 2.40.